The Balaban J connectivity index is 2.19. The number of aromatic carboxylic acids is 1. The van der Waals surface area contributed by atoms with Crippen molar-refractivity contribution in [1.82, 2.24) is 15.2 Å². The Labute approximate surface area is 111 Å². The minimum absolute atomic E-state index is 0.0809. The van der Waals surface area contributed by atoms with E-state index in [9.17, 15) is 9.59 Å². The number of carboxylic acids is 1. The third-order valence-corrected chi connectivity index (χ3v) is 3.07. The summed E-state index contributed by atoms with van der Waals surface area (Å²) in [4.78, 5) is 28.6. The fourth-order valence-corrected chi connectivity index (χ4v) is 2.19. The van der Waals surface area contributed by atoms with E-state index in [4.69, 9.17) is 5.11 Å². The summed E-state index contributed by atoms with van der Waals surface area (Å²) in [5.41, 5.74) is 1.84. The van der Waals surface area contributed by atoms with Crippen LogP contribution in [-0.4, -0.2) is 39.6 Å². The number of pyridine rings is 1. The summed E-state index contributed by atoms with van der Waals surface area (Å²) < 4.78 is 0. The van der Waals surface area contributed by atoms with Crippen LogP contribution >= 0.6 is 0 Å². The van der Waals surface area contributed by atoms with Gasteiger partial charge in [-0.15, -0.1) is 0 Å². The molecule has 0 aliphatic carbocycles. The van der Waals surface area contributed by atoms with E-state index < -0.39 is 5.97 Å². The van der Waals surface area contributed by atoms with Gasteiger partial charge in [0.15, 0.2) is 0 Å². The van der Waals surface area contributed by atoms with Crippen molar-refractivity contribution in [2.45, 2.75) is 32.9 Å². The lowest BCUT2D eigenvalue weighted by molar-refractivity contribution is 0.0694. The van der Waals surface area contributed by atoms with Crippen molar-refractivity contribution in [3.63, 3.8) is 0 Å². The van der Waals surface area contributed by atoms with Crippen LogP contribution in [0.25, 0.3) is 0 Å². The molecule has 1 aliphatic rings. The number of nitrogens with one attached hydrogen (secondary N) is 1. The lowest BCUT2D eigenvalue weighted by atomic mass is 9.97. The Bertz CT molecular complexity index is 514. The summed E-state index contributed by atoms with van der Waals surface area (Å²) in [6.45, 7) is 4.73. The van der Waals surface area contributed by atoms with Gasteiger partial charge >= 0.3 is 12.0 Å². The normalized spacial score (nSPS) is 14.2. The number of aromatic nitrogens is 1. The van der Waals surface area contributed by atoms with E-state index >= 15 is 0 Å². The predicted molar refractivity (Wildman–Crippen MR) is 69.0 cm³/mol. The molecule has 0 saturated heterocycles. The van der Waals surface area contributed by atoms with Crippen LogP contribution < -0.4 is 5.32 Å². The number of hydrogen-bond acceptors (Lipinski definition) is 3. The second-order valence-corrected chi connectivity index (χ2v) is 4.91. The van der Waals surface area contributed by atoms with Gasteiger partial charge in [-0.05, 0) is 31.4 Å². The van der Waals surface area contributed by atoms with E-state index in [1.54, 1.807) is 11.1 Å². The van der Waals surface area contributed by atoms with Gasteiger partial charge < -0.3 is 15.3 Å². The van der Waals surface area contributed by atoms with Crippen molar-refractivity contribution in [2.24, 2.45) is 0 Å². The standard InChI is InChI=1S/C13H17N3O3/c1-8(2)15-13(19)16-4-3-10-9(7-16)5-14-6-11(10)12(17)18/h5-6,8H,3-4,7H2,1-2H3,(H,15,19)(H,17,18). The van der Waals surface area contributed by atoms with Gasteiger partial charge in [0.25, 0.3) is 0 Å². The van der Waals surface area contributed by atoms with E-state index in [2.05, 4.69) is 10.3 Å². The number of urea groups is 1. The molecule has 0 atom stereocenters. The number of carboxylic acid groups (broad SMARTS) is 1. The molecule has 2 rings (SSSR count). The van der Waals surface area contributed by atoms with Gasteiger partial charge in [0.1, 0.15) is 0 Å². The molecule has 0 radical (unpaired) electrons. The third kappa shape index (κ3) is 2.83. The van der Waals surface area contributed by atoms with E-state index in [1.807, 2.05) is 13.8 Å². The van der Waals surface area contributed by atoms with Crippen molar-refractivity contribution in [3.05, 3.63) is 29.1 Å². The summed E-state index contributed by atoms with van der Waals surface area (Å²) >= 11 is 0. The Kier molecular flexibility index (Phi) is 3.69. The molecular formula is C13H17N3O3. The topological polar surface area (TPSA) is 82.5 Å². The number of nitrogens with zero attached hydrogens (tertiary/aromatic N) is 2. The molecule has 6 nitrogen and oxygen atoms in total. The summed E-state index contributed by atoms with van der Waals surface area (Å²) in [5.74, 6) is -0.968. The molecule has 2 heterocycles. The fraction of sp³-hybridized carbons (Fsp3) is 0.462. The Hall–Kier alpha value is -2.11. The maximum absolute atomic E-state index is 11.9. The second kappa shape index (κ2) is 5.26. The summed E-state index contributed by atoms with van der Waals surface area (Å²) in [6, 6.07) is -0.0428. The first-order chi connectivity index (χ1) is 8.99. The van der Waals surface area contributed by atoms with E-state index in [-0.39, 0.29) is 17.6 Å². The lowest BCUT2D eigenvalue weighted by Crippen LogP contribution is -2.45. The molecular weight excluding hydrogens is 246 g/mol. The van der Waals surface area contributed by atoms with Gasteiger partial charge in [0.05, 0.1) is 5.56 Å². The molecule has 0 unspecified atom stereocenters. The molecule has 6 heteroatoms. The first kappa shape index (κ1) is 13.3. The van der Waals surface area contributed by atoms with Gasteiger partial charge in [-0.2, -0.15) is 0 Å². The lowest BCUT2D eigenvalue weighted by Gasteiger charge is -2.30. The molecule has 102 valence electrons. The maximum Gasteiger partial charge on any atom is 0.337 e. The van der Waals surface area contributed by atoms with E-state index in [0.717, 1.165) is 11.1 Å². The average Bonchev–Trinajstić information content (AvgIpc) is 2.36. The number of rotatable bonds is 2. The number of hydrogen-bond donors (Lipinski definition) is 2. The largest absolute Gasteiger partial charge is 0.478 e. The zero-order chi connectivity index (χ0) is 14.0. The molecule has 0 spiro atoms. The summed E-state index contributed by atoms with van der Waals surface area (Å²) in [5, 5.41) is 11.9. The average molecular weight is 263 g/mol. The van der Waals surface area contributed by atoms with Crippen molar-refractivity contribution in [3.8, 4) is 0 Å². The van der Waals surface area contributed by atoms with Crippen molar-refractivity contribution < 1.29 is 14.7 Å². The molecule has 1 aliphatic heterocycles. The minimum Gasteiger partial charge on any atom is -0.478 e. The number of fused-ring (bicyclic) bond motifs is 1. The van der Waals surface area contributed by atoms with Gasteiger partial charge in [-0.3, -0.25) is 4.98 Å². The van der Waals surface area contributed by atoms with Crippen LogP contribution in [0.5, 0.6) is 0 Å². The highest BCUT2D eigenvalue weighted by Gasteiger charge is 2.24. The highest BCUT2D eigenvalue weighted by molar-refractivity contribution is 5.89. The van der Waals surface area contributed by atoms with Crippen LogP contribution in [-0.2, 0) is 13.0 Å². The van der Waals surface area contributed by atoms with Crippen LogP contribution in [0.3, 0.4) is 0 Å². The summed E-state index contributed by atoms with van der Waals surface area (Å²) in [7, 11) is 0. The highest BCUT2D eigenvalue weighted by Crippen LogP contribution is 2.21. The smallest absolute Gasteiger partial charge is 0.337 e. The third-order valence-electron chi connectivity index (χ3n) is 3.07. The number of amides is 2. The highest BCUT2D eigenvalue weighted by atomic mass is 16.4. The van der Waals surface area contributed by atoms with Crippen molar-refractivity contribution >= 4 is 12.0 Å². The number of carbonyl (C=O) groups is 2. The molecule has 1 aromatic heterocycles. The number of carbonyl (C=O) groups excluding carboxylic acids is 1. The van der Waals surface area contributed by atoms with Gasteiger partial charge in [0, 0.05) is 31.5 Å². The first-order valence-corrected chi connectivity index (χ1v) is 6.23. The predicted octanol–water partition coefficient (Wildman–Crippen LogP) is 1.26. The SMILES string of the molecule is CC(C)NC(=O)N1CCc2c(cncc2C(=O)O)C1. The zero-order valence-electron chi connectivity index (χ0n) is 11.0. The molecule has 0 aromatic carbocycles. The van der Waals surface area contributed by atoms with Gasteiger partial charge in [0.2, 0.25) is 0 Å². The maximum atomic E-state index is 11.9. The Morgan fingerprint density at radius 3 is 2.79 bits per heavy atom. The summed E-state index contributed by atoms with van der Waals surface area (Å²) in [6.07, 6.45) is 3.55. The molecule has 0 saturated carbocycles. The molecule has 19 heavy (non-hydrogen) atoms. The zero-order valence-corrected chi connectivity index (χ0v) is 11.0. The van der Waals surface area contributed by atoms with Crippen molar-refractivity contribution in [2.75, 3.05) is 6.54 Å². The van der Waals surface area contributed by atoms with E-state index in [1.165, 1.54) is 6.20 Å². The molecule has 2 N–H and O–H groups in total. The molecule has 1 aromatic rings. The van der Waals surface area contributed by atoms with Crippen LogP contribution in [0.1, 0.15) is 35.3 Å². The monoisotopic (exact) mass is 263 g/mol. The molecule has 0 bridgehead atoms. The van der Waals surface area contributed by atoms with Crippen molar-refractivity contribution in [1.29, 1.82) is 0 Å². The molecule has 2 amide bonds. The second-order valence-electron chi connectivity index (χ2n) is 4.91. The van der Waals surface area contributed by atoms with Crippen LogP contribution in [0.15, 0.2) is 12.4 Å². The minimum atomic E-state index is -0.968. The van der Waals surface area contributed by atoms with Crippen LogP contribution in [0.4, 0.5) is 4.79 Å². The molecule has 0 fully saturated rings. The Morgan fingerprint density at radius 2 is 2.16 bits per heavy atom. The van der Waals surface area contributed by atoms with Gasteiger partial charge in [-0.1, -0.05) is 0 Å². The first-order valence-electron chi connectivity index (χ1n) is 6.23. The van der Waals surface area contributed by atoms with Crippen LogP contribution in [0.2, 0.25) is 0 Å². The van der Waals surface area contributed by atoms with Gasteiger partial charge in [-0.25, -0.2) is 9.59 Å². The fourth-order valence-electron chi connectivity index (χ4n) is 2.19. The van der Waals surface area contributed by atoms with E-state index in [0.29, 0.717) is 19.5 Å². The Morgan fingerprint density at radius 1 is 1.42 bits per heavy atom. The van der Waals surface area contributed by atoms with Crippen LogP contribution in [0, 0.1) is 0 Å². The quantitative estimate of drug-likeness (QED) is 0.841.